The highest BCUT2D eigenvalue weighted by Gasteiger charge is 2.31. The fourth-order valence-electron chi connectivity index (χ4n) is 1.75. The molecule has 2 nitrogen and oxygen atoms in total. The molecule has 0 aromatic heterocycles. The normalized spacial score (nSPS) is 45.8. The summed E-state index contributed by atoms with van der Waals surface area (Å²) in [6, 6.07) is 0. The van der Waals surface area contributed by atoms with Crippen LogP contribution in [0.5, 0.6) is 0 Å². The number of hydrogen-bond acceptors (Lipinski definition) is 2. The van der Waals surface area contributed by atoms with Crippen molar-refractivity contribution in [1.82, 2.24) is 0 Å². The lowest BCUT2D eigenvalue weighted by molar-refractivity contribution is -0.195. The van der Waals surface area contributed by atoms with Gasteiger partial charge < -0.3 is 9.84 Å². The van der Waals surface area contributed by atoms with Gasteiger partial charge in [0, 0.05) is 6.42 Å². The van der Waals surface area contributed by atoms with E-state index in [2.05, 4.69) is 20.8 Å². The van der Waals surface area contributed by atoms with Gasteiger partial charge in [0.25, 0.3) is 0 Å². The van der Waals surface area contributed by atoms with Crippen molar-refractivity contribution in [3.63, 3.8) is 0 Å². The Labute approximate surface area is 68.6 Å². The van der Waals surface area contributed by atoms with Crippen molar-refractivity contribution in [1.29, 1.82) is 0 Å². The molecule has 0 aromatic carbocycles. The van der Waals surface area contributed by atoms with Gasteiger partial charge in [-0.25, -0.2) is 0 Å². The van der Waals surface area contributed by atoms with Crippen molar-refractivity contribution in [3.05, 3.63) is 0 Å². The lowest BCUT2D eigenvalue weighted by atomic mass is 9.84. The molecule has 0 aromatic rings. The van der Waals surface area contributed by atoms with E-state index in [0.717, 1.165) is 12.8 Å². The number of aliphatic hydroxyl groups excluding tert-OH is 1. The maximum Gasteiger partial charge on any atom is 0.155 e. The van der Waals surface area contributed by atoms with Crippen molar-refractivity contribution in [3.8, 4) is 0 Å². The topological polar surface area (TPSA) is 29.5 Å². The molecule has 4 unspecified atom stereocenters. The molecule has 1 heterocycles. The van der Waals surface area contributed by atoms with Crippen LogP contribution in [0.3, 0.4) is 0 Å². The third kappa shape index (κ3) is 1.94. The molecule has 1 aliphatic rings. The molecule has 0 radical (unpaired) electrons. The first kappa shape index (κ1) is 9.01. The Bertz CT molecular complexity index is 125. The Hall–Kier alpha value is -0.0800. The molecular weight excluding hydrogens is 140 g/mol. The molecular formula is C9H18O2. The minimum Gasteiger partial charge on any atom is -0.368 e. The van der Waals surface area contributed by atoms with Gasteiger partial charge in [-0.05, 0) is 18.3 Å². The highest BCUT2D eigenvalue weighted by molar-refractivity contribution is 4.76. The van der Waals surface area contributed by atoms with Crippen molar-refractivity contribution in [2.24, 2.45) is 11.8 Å². The summed E-state index contributed by atoms with van der Waals surface area (Å²) in [5.41, 5.74) is 0. The maximum absolute atomic E-state index is 9.28. The van der Waals surface area contributed by atoms with Gasteiger partial charge in [-0.1, -0.05) is 20.8 Å². The fraction of sp³-hybridized carbons (Fsp3) is 1.00. The van der Waals surface area contributed by atoms with Crippen molar-refractivity contribution in [2.45, 2.75) is 46.0 Å². The SMILES string of the molecule is CCC1OC(O)CC(C)C1C. The molecule has 0 aliphatic carbocycles. The molecule has 0 spiro atoms. The van der Waals surface area contributed by atoms with E-state index in [0.29, 0.717) is 11.8 Å². The number of aliphatic hydroxyl groups is 1. The molecule has 2 heteroatoms. The minimum absolute atomic E-state index is 0.258. The second-order valence-electron chi connectivity index (χ2n) is 3.61. The second-order valence-corrected chi connectivity index (χ2v) is 3.61. The van der Waals surface area contributed by atoms with Crippen molar-refractivity contribution < 1.29 is 9.84 Å². The molecule has 1 saturated heterocycles. The van der Waals surface area contributed by atoms with Gasteiger partial charge in [-0.2, -0.15) is 0 Å². The van der Waals surface area contributed by atoms with E-state index in [1.54, 1.807) is 0 Å². The van der Waals surface area contributed by atoms with Crippen LogP contribution in [0.2, 0.25) is 0 Å². The molecule has 11 heavy (non-hydrogen) atoms. The molecule has 1 N–H and O–H groups in total. The second kappa shape index (κ2) is 3.55. The first-order valence-corrected chi connectivity index (χ1v) is 4.48. The number of hydrogen-bond donors (Lipinski definition) is 1. The summed E-state index contributed by atoms with van der Waals surface area (Å²) in [5, 5.41) is 9.28. The van der Waals surface area contributed by atoms with Crippen LogP contribution in [0.4, 0.5) is 0 Å². The lowest BCUT2D eigenvalue weighted by Gasteiger charge is -2.36. The molecule has 1 fully saturated rings. The lowest BCUT2D eigenvalue weighted by Crippen LogP contribution is -2.38. The maximum atomic E-state index is 9.28. The van der Waals surface area contributed by atoms with Crippen molar-refractivity contribution >= 4 is 0 Å². The van der Waals surface area contributed by atoms with Gasteiger partial charge in [0.15, 0.2) is 6.29 Å². The smallest absolute Gasteiger partial charge is 0.155 e. The molecule has 0 saturated carbocycles. The van der Waals surface area contributed by atoms with Gasteiger partial charge in [0.1, 0.15) is 0 Å². The monoisotopic (exact) mass is 158 g/mol. The third-order valence-electron chi connectivity index (χ3n) is 2.79. The first-order chi connectivity index (χ1) is 5.15. The van der Waals surface area contributed by atoms with Crippen molar-refractivity contribution in [2.75, 3.05) is 0 Å². The Morgan fingerprint density at radius 2 is 2.09 bits per heavy atom. The van der Waals surface area contributed by atoms with Crippen LogP contribution in [0.25, 0.3) is 0 Å². The average Bonchev–Trinajstić information content (AvgIpc) is 1.96. The highest BCUT2D eigenvalue weighted by atomic mass is 16.6. The van der Waals surface area contributed by atoms with Gasteiger partial charge in [-0.15, -0.1) is 0 Å². The molecule has 1 aliphatic heterocycles. The molecule has 0 bridgehead atoms. The largest absolute Gasteiger partial charge is 0.368 e. The van der Waals surface area contributed by atoms with E-state index in [-0.39, 0.29) is 6.10 Å². The Balaban J connectivity index is 2.51. The molecule has 66 valence electrons. The summed E-state index contributed by atoms with van der Waals surface area (Å²) < 4.78 is 5.37. The van der Waals surface area contributed by atoms with E-state index in [1.807, 2.05) is 0 Å². The first-order valence-electron chi connectivity index (χ1n) is 4.48. The quantitative estimate of drug-likeness (QED) is 0.630. The molecule has 1 rings (SSSR count). The van der Waals surface area contributed by atoms with Gasteiger partial charge in [0.2, 0.25) is 0 Å². The van der Waals surface area contributed by atoms with E-state index >= 15 is 0 Å². The van der Waals surface area contributed by atoms with Gasteiger partial charge in [0.05, 0.1) is 6.10 Å². The third-order valence-corrected chi connectivity index (χ3v) is 2.79. The summed E-state index contributed by atoms with van der Waals surface area (Å²) >= 11 is 0. The van der Waals surface area contributed by atoms with Crippen LogP contribution in [-0.2, 0) is 4.74 Å². The van der Waals surface area contributed by atoms with Crippen LogP contribution in [0, 0.1) is 11.8 Å². The summed E-state index contributed by atoms with van der Waals surface area (Å²) in [6.45, 7) is 6.48. The summed E-state index contributed by atoms with van der Waals surface area (Å²) in [7, 11) is 0. The Morgan fingerprint density at radius 3 is 2.64 bits per heavy atom. The average molecular weight is 158 g/mol. The number of rotatable bonds is 1. The van der Waals surface area contributed by atoms with E-state index in [9.17, 15) is 5.11 Å². The minimum atomic E-state index is -0.522. The molecule has 0 amide bonds. The number of ether oxygens (including phenoxy) is 1. The highest BCUT2D eigenvalue weighted by Crippen LogP contribution is 2.30. The van der Waals surface area contributed by atoms with E-state index in [4.69, 9.17) is 4.74 Å². The zero-order chi connectivity index (χ0) is 8.43. The van der Waals surface area contributed by atoms with E-state index in [1.165, 1.54) is 0 Å². The fourth-order valence-corrected chi connectivity index (χ4v) is 1.75. The van der Waals surface area contributed by atoms with Crippen LogP contribution in [0.15, 0.2) is 0 Å². The van der Waals surface area contributed by atoms with E-state index < -0.39 is 6.29 Å². The predicted octanol–water partition coefficient (Wildman–Crippen LogP) is 1.78. The Kier molecular flexibility index (Phi) is 2.90. The summed E-state index contributed by atoms with van der Waals surface area (Å²) in [4.78, 5) is 0. The van der Waals surface area contributed by atoms with Gasteiger partial charge in [-0.3, -0.25) is 0 Å². The van der Waals surface area contributed by atoms with Crippen LogP contribution < -0.4 is 0 Å². The van der Waals surface area contributed by atoms with Crippen LogP contribution in [0.1, 0.15) is 33.6 Å². The van der Waals surface area contributed by atoms with Gasteiger partial charge >= 0.3 is 0 Å². The standard InChI is InChI=1S/C9H18O2/c1-4-8-7(3)6(2)5-9(10)11-8/h6-10H,4-5H2,1-3H3. The zero-order valence-electron chi connectivity index (χ0n) is 7.58. The zero-order valence-corrected chi connectivity index (χ0v) is 7.58. The molecule has 4 atom stereocenters. The predicted molar refractivity (Wildman–Crippen MR) is 44.1 cm³/mol. The van der Waals surface area contributed by atoms with Crippen LogP contribution in [-0.4, -0.2) is 17.5 Å². The summed E-state index contributed by atoms with van der Waals surface area (Å²) in [5.74, 6) is 1.17. The summed E-state index contributed by atoms with van der Waals surface area (Å²) in [6.07, 6.45) is 1.53. The Morgan fingerprint density at radius 1 is 1.45 bits per heavy atom. The van der Waals surface area contributed by atoms with Crippen LogP contribution >= 0.6 is 0 Å².